The fraction of sp³-hybridized carbons (Fsp3) is 0.692. The minimum atomic E-state index is -0.333. The fourth-order valence-corrected chi connectivity index (χ4v) is 3.34. The van der Waals surface area contributed by atoms with Crippen LogP contribution in [-0.4, -0.2) is 17.4 Å². The van der Waals surface area contributed by atoms with E-state index in [2.05, 4.69) is 10.3 Å². The van der Waals surface area contributed by atoms with E-state index in [1.165, 1.54) is 4.88 Å². The van der Waals surface area contributed by atoms with Gasteiger partial charge in [-0.1, -0.05) is 12.8 Å². The van der Waals surface area contributed by atoms with Gasteiger partial charge in [0, 0.05) is 17.6 Å². The highest BCUT2D eigenvalue weighted by molar-refractivity contribution is 7.11. The molecule has 1 aromatic heterocycles. The molecule has 1 atom stereocenters. The predicted octanol–water partition coefficient (Wildman–Crippen LogP) is 2.99. The van der Waals surface area contributed by atoms with Crippen molar-refractivity contribution in [2.75, 3.05) is 6.54 Å². The van der Waals surface area contributed by atoms with Crippen molar-refractivity contribution in [3.05, 3.63) is 16.1 Å². The molecule has 1 saturated carbocycles. The third-order valence-corrected chi connectivity index (χ3v) is 4.89. The Hall–Kier alpha value is -0.360. The second-order valence-electron chi connectivity index (χ2n) is 5.20. The summed E-state index contributed by atoms with van der Waals surface area (Å²) >= 11 is 1.63. The summed E-state index contributed by atoms with van der Waals surface area (Å²) < 4.78 is 0. The Balaban J connectivity index is 0.00000180. The molecule has 2 rings (SSSR count). The molecule has 0 spiro atoms. The van der Waals surface area contributed by atoms with Gasteiger partial charge in [-0.15, -0.1) is 36.2 Å². The van der Waals surface area contributed by atoms with Gasteiger partial charge in [-0.3, -0.25) is 4.79 Å². The Labute approximate surface area is 136 Å². The van der Waals surface area contributed by atoms with Crippen molar-refractivity contribution in [3.8, 4) is 0 Å². The highest BCUT2D eigenvalue weighted by Crippen LogP contribution is 2.37. The molecule has 1 aromatic rings. The van der Waals surface area contributed by atoms with Crippen LogP contribution in [0.4, 0.5) is 0 Å². The Morgan fingerprint density at radius 3 is 2.55 bits per heavy atom. The molecule has 0 aliphatic heterocycles. The lowest BCUT2D eigenvalue weighted by atomic mass is 9.85. The van der Waals surface area contributed by atoms with E-state index in [0.717, 1.165) is 30.7 Å². The lowest BCUT2D eigenvalue weighted by Crippen LogP contribution is -2.44. The van der Waals surface area contributed by atoms with E-state index in [4.69, 9.17) is 5.73 Å². The van der Waals surface area contributed by atoms with Crippen LogP contribution in [0.3, 0.4) is 0 Å². The number of rotatable bonds is 4. The monoisotopic (exact) mass is 339 g/mol. The zero-order chi connectivity index (χ0) is 13.2. The number of carbonyl (C=O) groups excluding carboxylic acids is 1. The van der Waals surface area contributed by atoms with Crippen molar-refractivity contribution in [2.45, 2.75) is 45.6 Å². The molecule has 1 aliphatic carbocycles. The number of thiazole rings is 1. The van der Waals surface area contributed by atoms with Crippen LogP contribution in [0.2, 0.25) is 0 Å². The minimum Gasteiger partial charge on any atom is -0.347 e. The Kier molecular flexibility index (Phi) is 8.03. The second kappa shape index (κ2) is 8.17. The number of hydrogen-bond acceptors (Lipinski definition) is 4. The molecule has 0 radical (unpaired) electrons. The Bertz CT molecular complexity index is 433. The number of carbonyl (C=O) groups is 1. The largest absolute Gasteiger partial charge is 0.347 e. The maximum atomic E-state index is 12.4. The van der Waals surface area contributed by atoms with Crippen molar-refractivity contribution >= 4 is 42.1 Å². The molecule has 7 heteroatoms. The maximum absolute atomic E-state index is 12.4. The number of nitrogens with one attached hydrogen (secondary N) is 1. The molecule has 1 heterocycles. The molecule has 1 fully saturated rings. The molecule has 1 unspecified atom stereocenters. The first-order chi connectivity index (χ1) is 8.57. The van der Waals surface area contributed by atoms with E-state index in [9.17, 15) is 4.79 Å². The predicted molar refractivity (Wildman–Crippen MR) is 87.9 cm³/mol. The van der Waals surface area contributed by atoms with Crippen molar-refractivity contribution in [2.24, 2.45) is 11.1 Å². The van der Waals surface area contributed by atoms with Gasteiger partial charge in [0.1, 0.15) is 5.01 Å². The van der Waals surface area contributed by atoms with Crippen LogP contribution in [0.25, 0.3) is 0 Å². The van der Waals surface area contributed by atoms with Crippen LogP contribution < -0.4 is 11.1 Å². The molecule has 20 heavy (non-hydrogen) atoms. The van der Waals surface area contributed by atoms with Crippen LogP contribution >= 0.6 is 36.2 Å². The Morgan fingerprint density at radius 2 is 2.10 bits per heavy atom. The summed E-state index contributed by atoms with van der Waals surface area (Å²) in [5.41, 5.74) is 5.48. The summed E-state index contributed by atoms with van der Waals surface area (Å²) in [4.78, 5) is 17.9. The number of aromatic nitrogens is 1. The number of nitrogens with two attached hydrogens (primary N) is 1. The average molecular weight is 340 g/mol. The van der Waals surface area contributed by atoms with E-state index in [1.54, 1.807) is 11.3 Å². The first kappa shape index (κ1) is 19.6. The third-order valence-electron chi connectivity index (χ3n) is 3.79. The number of amides is 1. The quantitative estimate of drug-likeness (QED) is 0.885. The van der Waals surface area contributed by atoms with E-state index in [0.29, 0.717) is 6.54 Å². The molecular formula is C13H23Cl2N3OS. The number of aryl methyl sites for hydroxylation is 1. The lowest BCUT2D eigenvalue weighted by molar-refractivity contribution is -0.131. The summed E-state index contributed by atoms with van der Waals surface area (Å²) in [6.45, 7) is 4.45. The van der Waals surface area contributed by atoms with E-state index in [1.807, 2.05) is 20.0 Å². The number of nitrogens with zero attached hydrogens (tertiary/aromatic N) is 1. The number of hydrogen-bond donors (Lipinski definition) is 2. The lowest BCUT2D eigenvalue weighted by Gasteiger charge is -2.27. The summed E-state index contributed by atoms with van der Waals surface area (Å²) in [5, 5.41) is 4.04. The number of halogens is 2. The van der Waals surface area contributed by atoms with Crippen molar-refractivity contribution < 1.29 is 4.79 Å². The van der Waals surface area contributed by atoms with Crippen molar-refractivity contribution in [1.29, 1.82) is 0 Å². The average Bonchev–Trinajstić information content (AvgIpc) is 2.97. The van der Waals surface area contributed by atoms with Gasteiger partial charge in [0.05, 0.1) is 11.5 Å². The SMILES string of the molecule is Cc1cnc(C(C)NC(=O)C2(CN)CCCC2)s1.Cl.Cl. The van der Waals surface area contributed by atoms with E-state index >= 15 is 0 Å². The van der Waals surface area contributed by atoms with Gasteiger partial charge in [0.25, 0.3) is 0 Å². The van der Waals surface area contributed by atoms with Gasteiger partial charge < -0.3 is 11.1 Å². The van der Waals surface area contributed by atoms with Gasteiger partial charge >= 0.3 is 0 Å². The van der Waals surface area contributed by atoms with Crippen LogP contribution in [0.5, 0.6) is 0 Å². The third kappa shape index (κ3) is 4.07. The van der Waals surface area contributed by atoms with Crippen molar-refractivity contribution in [3.63, 3.8) is 0 Å². The van der Waals surface area contributed by atoms with Crippen LogP contribution in [0.15, 0.2) is 6.20 Å². The summed E-state index contributed by atoms with van der Waals surface area (Å²) in [6.07, 6.45) is 5.89. The molecule has 1 aliphatic rings. The summed E-state index contributed by atoms with van der Waals surface area (Å²) in [7, 11) is 0. The first-order valence-corrected chi connectivity index (χ1v) is 7.32. The van der Waals surface area contributed by atoms with Gasteiger partial charge in [-0.05, 0) is 26.7 Å². The van der Waals surface area contributed by atoms with E-state index < -0.39 is 0 Å². The highest BCUT2D eigenvalue weighted by atomic mass is 35.5. The normalized spacial score (nSPS) is 17.8. The minimum absolute atomic E-state index is 0. The molecule has 0 bridgehead atoms. The molecule has 4 nitrogen and oxygen atoms in total. The van der Waals surface area contributed by atoms with Crippen molar-refractivity contribution in [1.82, 2.24) is 10.3 Å². The van der Waals surface area contributed by atoms with Crippen LogP contribution in [0, 0.1) is 12.3 Å². The van der Waals surface area contributed by atoms with E-state index in [-0.39, 0.29) is 42.2 Å². The maximum Gasteiger partial charge on any atom is 0.228 e. The molecule has 0 saturated heterocycles. The standard InChI is InChI=1S/C13H21N3OS.2ClH/c1-9-7-15-11(18-9)10(2)16-12(17)13(8-14)5-3-4-6-13;;/h7,10H,3-6,8,14H2,1-2H3,(H,16,17);2*1H. The zero-order valence-corrected chi connectivity index (χ0v) is 14.3. The molecular weight excluding hydrogens is 317 g/mol. The summed E-state index contributed by atoms with van der Waals surface area (Å²) in [5.74, 6) is 0.0999. The van der Waals surface area contributed by atoms with Gasteiger partial charge in [0.15, 0.2) is 0 Å². The first-order valence-electron chi connectivity index (χ1n) is 6.51. The zero-order valence-electron chi connectivity index (χ0n) is 11.8. The van der Waals surface area contributed by atoms with Crippen LogP contribution in [-0.2, 0) is 4.79 Å². The smallest absolute Gasteiger partial charge is 0.228 e. The van der Waals surface area contributed by atoms with Gasteiger partial charge in [0.2, 0.25) is 5.91 Å². The topological polar surface area (TPSA) is 68.0 Å². The van der Waals surface area contributed by atoms with Gasteiger partial charge in [-0.25, -0.2) is 4.98 Å². The van der Waals surface area contributed by atoms with Gasteiger partial charge in [-0.2, -0.15) is 0 Å². The molecule has 1 amide bonds. The van der Waals surface area contributed by atoms with Crippen LogP contribution in [0.1, 0.15) is 48.5 Å². The molecule has 116 valence electrons. The summed E-state index contributed by atoms with van der Waals surface area (Å²) in [6, 6.07) is -0.0276. The highest BCUT2D eigenvalue weighted by Gasteiger charge is 2.40. The second-order valence-corrected chi connectivity index (χ2v) is 6.46. The Morgan fingerprint density at radius 1 is 1.50 bits per heavy atom. The fourth-order valence-electron chi connectivity index (χ4n) is 2.56. The molecule has 0 aromatic carbocycles. The molecule has 3 N–H and O–H groups in total.